The van der Waals surface area contributed by atoms with E-state index in [4.69, 9.17) is 0 Å². The van der Waals surface area contributed by atoms with Crippen molar-refractivity contribution in [3.05, 3.63) is 65.7 Å². The van der Waals surface area contributed by atoms with E-state index in [1.54, 1.807) is 10.2 Å². The number of rotatable bonds is 5. The zero-order valence-corrected chi connectivity index (χ0v) is 20.1. The molecule has 0 N–H and O–H groups in total. The molecule has 1 aromatic heterocycles. The van der Waals surface area contributed by atoms with Crippen molar-refractivity contribution in [2.75, 3.05) is 0 Å². The summed E-state index contributed by atoms with van der Waals surface area (Å²) >= 11 is 2.04. The van der Waals surface area contributed by atoms with Crippen LogP contribution in [0.5, 0.6) is 0 Å². The van der Waals surface area contributed by atoms with Gasteiger partial charge in [0.1, 0.15) is 0 Å². The standard InChI is InChI=1S/C28H33PS/c1-20-11-15-22(16-12-20)27-19-26(28(30-27)23-17-13-21(2)14-18-23)29(24-7-3-4-8-24)25-9-5-6-10-25/h11-19,24-25H,3-10H2,1-2H3. The summed E-state index contributed by atoms with van der Waals surface area (Å²) in [5.41, 5.74) is 7.42. The molecule has 0 unspecified atom stereocenters. The topological polar surface area (TPSA) is 0 Å². The molecule has 0 atom stereocenters. The second-order valence-electron chi connectivity index (χ2n) is 9.34. The summed E-state index contributed by atoms with van der Waals surface area (Å²) in [6.45, 7) is 4.38. The average Bonchev–Trinajstić information content (AvgIpc) is 3.53. The van der Waals surface area contributed by atoms with E-state index >= 15 is 0 Å². The van der Waals surface area contributed by atoms with Gasteiger partial charge in [0.15, 0.2) is 0 Å². The van der Waals surface area contributed by atoms with Crippen LogP contribution in [-0.2, 0) is 0 Å². The van der Waals surface area contributed by atoms with Gasteiger partial charge in [0.2, 0.25) is 0 Å². The Morgan fingerprint density at radius 2 is 1.13 bits per heavy atom. The molecule has 3 aromatic rings. The summed E-state index contributed by atoms with van der Waals surface area (Å²) < 4.78 is 0. The van der Waals surface area contributed by atoms with Gasteiger partial charge in [0, 0.05) is 9.75 Å². The van der Waals surface area contributed by atoms with E-state index in [2.05, 4.69) is 68.4 Å². The van der Waals surface area contributed by atoms with Gasteiger partial charge in [-0.15, -0.1) is 11.3 Å². The largest absolute Gasteiger partial charge is 0.135 e. The third kappa shape index (κ3) is 4.17. The average molecular weight is 433 g/mol. The van der Waals surface area contributed by atoms with E-state index in [0.717, 1.165) is 11.3 Å². The van der Waals surface area contributed by atoms with Crippen LogP contribution < -0.4 is 5.30 Å². The van der Waals surface area contributed by atoms with E-state index in [1.807, 2.05) is 11.3 Å². The van der Waals surface area contributed by atoms with Gasteiger partial charge in [-0.05, 0) is 73.3 Å². The lowest BCUT2D eigenvalue weighted by atomic mass is 10.1. The first-order chi connectivity index (χ1) is 14.7. The van der Waals surface area contributed by atoms with E-state index in [1.165, 1.54) is 78.5 Å². The molecule has 2 saturated carbocycles. The van der Waals surface area contributed by atoms with Crippen molar-refractivity contribution in [1.29, 1.82) is 0 Å². The molecule has 2 aromatic carbocycles. The molecule has 0 radical (unpaired) electrons. The number of hydrogen-bond acceptors (Lipinski definition) is 1. The van der Waals surface area contributed by atoms with Crippen LogP contribution >= 0.6 is 19.3 Å². The molecule has 30 heavy (non-hydrogen) atoms. The zero-order valence-electron chi connectivity index (χ0n) is 18.4. The minimum absolute atomic E-state index is 0.0754. The van der Waals surface area contributed by atoms with Gasteiger partial charge in [0.05, 0.1) is 0 Å². The van der Waals surface area contributed by atoms with Gasteiger partial charge < -0.3 is 0 Å². The Kier molecular flexibility index (Phi) is 6.12. The van der Waals surface area contributed by atoms with Crippen LogP contribution in [0.3, 0.4) is 0 Å². The number of benzene rings is 2. The predicted molar refractivity (Wildman–Crippen MR) is 136 cm³/mol. The van der Waals surface area contributed by atoms with Gasteiger partial charge in [-0.25, -0.2) is 0 Å². The smallest absolute Gasteiger partial charge is 0.0426 e. The van der Waals surface area contributed by atoms with Crippen LogP contribution in [0.15, 0.2) is 54.6 Å². The maximum absolute atomic E-state index is 2.62. The Balaban J connectivity index is 1.63. The van der Waals surface area contributed by atoms with E-state index in [0.29, 0.717) is 0 Å². The Bertz CT molecular complexity index is 954. The van der Waals surface area contributed by atoms with E-state index in [-0.39, 0.29) is 7.92 Å². The van der Waals surface area contributed by atoms with Crippen LogP contribution in [-0.4, -0.2) is 11.3 Å². The lowest BCUT2D eigenvalue weighted by molar-refractivity contribution is 0.836. The third-order valence-corrected chi connectivity index (χ3v) is 12.0. The minimum Gasteiger partial charge on any atom is -0.135 e. The molecule has 2 fully saturated rings. The van der Waals surface area contributed by atoms with Gasteiger partial charge >= 0.3 is 0 Å². The molecule has 5 rings (SSSR count). The molecule has 0 nitrogen and oxygen atoms in total. The lowest BCUT2D eigenvalue weighted by Gasteiger charge is -2.30. The molecule has 2 aliphatic rings. The Morgan fingerprint density at radius 3 is 1.63 bits per heavy atom. The Hall–Kier alpha value is -1.43. The molecular weight excluding hydrogens is 399 g/mol. The molecule has 0 amide bonds. The Labute approximate surface area is 187 Å². The quantitative estimate of drug-likeness (QED) is 0.354. The SMILES string of the molecule is Cc1ccc(-c2cc(P(C3CCCC3)C3CCCC3)c(-c3ccc(C)cc3)s2)cc1. The second kappa shape index (κ2) is 8.97. The first-order valence-electron chi connectivity index (χ1n) is 11.8. The van der Waals surface area contributed by atoms with Crippen LogP contribution in [0.2, 0.25) is 0 Å². The molecule has 2 aliphatic carbocycles. The molecule has 0 aliphatic heterocycles. The lowest BCUT2D eigenvalue weighted by Crippen LogP contribution is -2.19. The Morgan fingerprint density at radius 1 is 0.667 bits per heavy atom. The molecule has 0 spiro atoms. The van der Waals surface area contributed by atoms with Gasteiger partial charge in [-0.2, -0.15) is 0 Å². The molecule has 1 heterocycles. The third-order valence-electron chi connectivity index (χ3n) is 7.08. The summed E-state index contributed by atoms with van der Waals surface area (Å²) in [7, 11) is -0.0754. The molecular formula is C28H33PS. The number of hydrogen-bond donors (Lipinski definition) is 0. The van der Waals surface area contributed by atoms with Crippen LogP contribution in [0, 0.1) is 13.8 Å². The second-order valence-corrected chi connectivity index (χ2v) is 13.2. The van der Waals surface area contributed by atoms with Crippen molar-refractivity contribution < 1.29 is 0 Å². The fourth-order valence-corrected chi connectivity index (χ4v) is 10.9. The number of aryl methyl sites for hydroxylation is 2. The van der Waals surface area contributed by atoms with Crippen molar-refractivity contribution in [2.24, 2.45) is 0 Å². The van der Waals surface area contributed by atoms with Crippen molar-refractivity contribution >= 4 is 24.6 Å². The van der Waals surface area contributed by atoms with Gasteiger partial charge in [0.25, 0.3) is 0 Å². The summed E-state index contributed by atoms with van der Waals surface area (Å²) in [5.74, 6) is 0. The van der Waals surface area contributed by atoms with Crippen LogP contribution in [0.25, 0.3) is 20.9 Å². The van der Waals surface area contributed by atoms with Crippen molar-refractivity contribution in [3.8, 4) is 20.9 Å². The first-order valence-corrected chi connectivity index (χ1v) is 14.0. The van der Waals surface area contributed by atoms with Crippen molar-refractivity contribution in [1.82, 2.24) is 0 Å². The molecule has 0 saturated heterocycles. The summed E-state index contributed by atoms with van der Waals surface area (Å²) in [6.07, 6.45) is 11.7. The highest BCUT2D eigenvalue weighted by Gasteiger charge is 2.36. The summed E-state index contributed by atoms with van der Waals surface area (Å²) in [4.78, 5) is 3.03. The van der Waals surface area contributed by atoms with E-state index in [9.17, 15) is 0 Å². The van der Waals surface area contributed by atoms with Gasteiger partial charge in [-0.3, -0.25) is 0 Å². The van der Waals surface area contributed by atoms with E-state index < -0.39 is 0 Å². The van der Waals surface area contributed by atoms with Crippen LogP contribution in [0.1, 0.15) is 62.5 Å². The monoisotopic (exact) mass is 432 g/mol. The van der Waals surface area contributed by atoms with Crippen molar-refractivity contribution in [2.45, 2.75) is 76.5 Å². The summed E-state index contributed by atoms with van der Waals surface area (Å²) in [5, 5.41) is 1.73. The summed E-state index contributed by atoms with van der Waals surface area (Å²) in [6, 6.07) is 21.1. The van der Waals surface area contributed by atoms with Gasteiger partial charge in [-0.1, -0.05) is 93.3 Å². The fourth-order valence-electron chi connectivity index (χ4n) is 5.40. The molecule has 0 bridgehead atoms. The normalized spacial score (nSPS) is 18.0. The molecule has 2 heteroatoms. The fraction of sp³-hybridized carbons (Fsp3) is 0.429. The maximum Gasteiger partial charge on any atom is 0.0426 e. The highest BCUT2D eigenvalue weighted by Crippen LogP contribution is 2.58. The highest BCUT2D eigenvalue weighted by atomic mass is 32.1. The minimum atomic E-state index is -0.0754. The zero-order chi connectivity index (χ0) is 20.5. The highest BCUT2D eigenvalue weighted by molar-refractivity contribution is 7.68. The first kappa shape index (κ1) is 20.5. The maximum atomic E-state index is 2.62. The van der Waals surface area contributed by atoms with Crippen LogP contribution in [0.4, 0.5) is 0 Å². The molecule has 156 valence electrons. The predicted octanol–water partition coefficient (Wildman–Crippen LogP) is 8.69. The number of thiophene rings is 1. The van der Waals surface area contributed by atoms with Crippen molar-refractivity contribution in [3.63, 3.8) is 0 Å².